The summed E-state index contributed by atoms with van der Waals surface area (Å²) in [5.74, 6) is -0.937. The van der Waals surface area contributed by atoms with E-state index in [2.05, 4.69) is 4.74 Å². The molecule has 6 nitrogen and oxygen atoms in total. The van der Waals surface area contributed by atoms with Crippen LogP contribution in [0.5, 0.6) is 11.5 Å². The molecule has 0 radical (unpaired) electrons. The Morgan fingerprint density at radius 1 is 1.53 bits per heavy atom. The summed E-state index contributed by atoms with van der Waals surface area (Å²) in [5.41, 5.74) is 5.71. The van der Waals surface area contributed by atoms with Crippen molar-refractivity contribution in [2.24, 2.45) is 5.73 Å². The fraction of sp³-hybridized carbons (Fsp3) is 0.273. The van der Waals surface area contributed by atoms with Crippen LogP contribution in [0.25, 0.3) is 0 Å². The van der Waals surface area contributed by atoms with Crippen LogP contribution in [-0.2, 0) is 9.53 Å². The van der Waals surface area contributed by atoms with Gasteiger partial charge in [-0.25, -0.2) is 0 Å². The maximum atomic E-state index is 11.3. The predicted octanol–water partition coefficient (Wildman–Crippen LogP) is 0.445. The number of hydrogen-bond donors (Lipinski definition) is 2. The minimum Gasteiger partial charge on any atom is -0.504 e. The van der Waals surface area contributed by atoms with Crippen LogP contribution in [0.1, 0.15) is 17.2 Å². The van der Waals surface area contributed by atoms with Crippen LogP contribution in [0.15, 0.2) is 12.1 Å². The maximum Gasteiger partial charge on any atom is 0.327 e. The summed E-state index contributed by atoms with van der Waals surface area (Å²) in [4.78, 5) is 11.3. The third kappa shape index (κ3) is 2.29. The Bertz CT molecular complexity index is 479. The van der Waals surface area contributed by atoms with Gasteiger partial charge in [0.25, 0.3) is 0 Å². The second kappa shape index (κ2) is 5.18. The van der Waals surface area contributed by atoms with Gasteiger partial charge in [-0.1, -0.05) is 0 Å². The summed E-state index contributed by atoms with van der Waals surface area (Å²) in [6.45, 7) is 0. The molecule has 90 valence electrons. The first-order valence-electron chi connectivity index (χ1n) is 4.70. The second-order valence-corrected chi connectivity index (χ2v) is 3.19. The Balaban J connectivity index is 3.38. The molecule has 1 atom stereocenters. The van der Waals surface area contributed by atoms with Crippen molar-refractivity contribution in [3.05, 3.63) is 23.3 Å². The van der Waals surface area contributed by atoms with Crippen molar-refractivity contribution in [3.63, 3.8) is 0 Å². The number of nitrogens with two attached hydrogens (primary N) is 1. The number of rotatable bonds is 3. The van der Waals surface area contributed by atoms with Crippen molar-refractivity contribution < 1.29 is 19.4 Å². The fourth-order valence-corrected chi connectivity index (χ4v) is 1.41. The van der Waals surface area contributed by atoms with E-state index >= 15 is 0 Å². The molecule has 1 aromatic rings. The zero-order valence-corrected chi connectivity index (χ0v) is 9.43. The molecule has 0 unspecified atom stereocenters. The van der Waals surface area contributed by atoms with E-state index in [1.807, 2.05) is 6.07 Å². The monoisotopic (exact) mass is 236 g/mol. The molecule has 0 spiro atoms. The molecular weight excluding hydrogens is 224 g/mol. The molecule has 17 heavy (non-hydrogen) atoms. The predicted molar refractivity (Wildman–Crippen MR) is 58.3 cm³/mol. The minimum absolute atomic E-state index is 0.00120. The molecule has 1 aromatic carbocycles. The molecule has 0 aromatic heterocycles. The van der Waals surface area contributed by atoms with E-state index in [0.717, 1.165) is 0 Å². The molecule has 0 amide bonds. The highest BCUT2D eigenvalue weighted by molar-refractivity contribution is 5.80. The van der Waals surface area contributed by atoms with Gasteiger partial charge in [0.15, 0.2) is 11.5 Å². The summed E-state index contributed by atoms with van der Waals surface area (Å²) in [6, 6.07) is 3.44. The zero-order valence-electron chi connectivity index (χ0n) is 9.43. The average Bonchev–Trinajstić information content (AvgIpc) is 2.36. The van der Waals surface area contributed by atoms with Gasteiger partial charge in [-0.3, -0.25) is 4.79 Å². The van der Waals surface area contributed by atoms with E-state index in [-0.39, 0.29) is 22.6 Å². The first-order valence-corrected chi connectivity index (χ1v) is 4.70. The number of ether oxygens (including phenoxy) is 2. The highest BCUT2D eigenvalue weighted by Crippen LogP contribution is 2.35. The molecule has 0 fully saturated rings. The van der Waals surface area contributed by atoms with Crippen LogP contribution in [-0.4, -0.2) is 25.3 Å². The zero-order chi connectivity index (χ0) is 13.0. The Kier molecular flexibility index (Phi) is 3.91. The largest absolute Gasteiger partial charge is 0.504 e. The maximum absolute atomic E-state index is 11.3. The average molecular weight is 236 g/mol. The standard InChI is InChI=1S/C11H12N2O4/c1-16-7-4-3-6(5-12)8(10(7)14)9(13)11(15)17-2/h3-4,9,14H,13H2,1-2H3/t9-/m0/s1. The molecule has 0 aliphatic heterocycles. The van der Waals surface area contributed by atoms with E-state index in [9.17, 15) is 9.90 Å². The number of carbonyl (C=O) groups excluding carboxylic acids is 1. The van der Waals surface area contributed by atoms with Gasteiger partial charge < -0.3 is 20.3 Å². The lowest BCUT2D eigenvalue weighted by atomic mass is 10.00. The molecule has 1 rings (SSSR count). The van der Waals surface area contributed by atoms with Crippen molar-refractivity contribution in [2.75, 3.05) is 14.2 Å². The number of nitriles is 1. The molecule has 0 heterocycles. The molecule has 6 heteroatoms. The van der Waals surface area contributed by atoms with E-state index in [4.69, 9.17) is 15.7 Å². The lowest BCUT2D eigenvalue weighted by Crippen LogP contribution is -2.23. The van der Waals surface area contributed by atoms with Crippen LogP contribution >= 0.6 is 0 Å². The summed E-state index contributed by atoms with van der Waals surface area (Å²) >= 11 is 0. The topological polar surface area (TPSA) is 106 Å². The SMILES string of the molecule is COC(=O)[C@@H](N)c1c(C#N)ccc(OC)c1O. The first kappa shape index (κ1) is 12.8. The Morgan fingerprint density at radius 3 is 2.65 bits per heavy atom. The highest BCUT2D eigenvalue weighted by Gasteiger charge is 2.25. The lowest BCUT2D eigenvalue weighted by Gasteiger charge is -2.15. The summed E-state index contributed by atoms with van der Waals surface area (Å²) in [5, 5.41) is 18.8. The number of benzene rings is 1. The molecule has 3 N–H and O–H groups in total. The molecule has 0 bridgehead atoms. The number of phenolic OH excluding ortho intramolecular Hbond substituents is 1. The number of phenols is 1. The van der Waals surface area contributed by atoms with Crippen molar-refractivity contribution in [3.8, 4) is 17.6 Å². The number of carbonyl (C=O) groups is 1. The van der Waals surface area contributed by atoms with Gasteiger partial charge in [0.2, 0.25) is 0 Å². The molecule has 0 saturated carbocycles. The van der Waals surface area contributed by atoms with Gasteiger partial charge in [-0.15, -0.1) is 0 Å². The summed E-state index contributed by atoms with van der Waals surface area (Å²) < 4.78 is 9.35. The van der Waals surface area contributed by atoms with Crippen molar-refractivity contribution >= 4 is 5.97 Å². The Hall–Kier alpha value is -2.26. The van der Waals surface area contributed by atoms with Gasteiger partial charge in [0.1, 0.15) is 6.04 Å². The minimum atomic E-state index is -1.23. The van der Waals surface area contributed by atoms with E-state index in [1.54, 1.807) is 0 Å². The van der Waals surface area contributed by atoms with Crippen LogP contribution in [0.3, 0.4) is 0 Å². The van der Waals surface area contributed by atoms with Gasteiger partial charge in [0, 0.05) is 5.56 Å². The summed E-state index contributed by atoms with van der Waals surface area (Å²) in [6.07, 6.45) is 0. The number of nitrogens with zero attached hydrogens (tertiary/aromatic N) is 1. The van der Waals surface area contributed by atoms with Crippen LogP contribution in [0.2, 0.25) is 0 Å². The number of hydrogen-bond acceptors (Lipinski definition) is 6. The Labute approximate surface area is 98.2 Å². The van der Waals surface area contributed by atoms with Gasteiger partial charge in [-0.05, 0) is 12.1 Å². The Morgan fingerprint density at radius 2 is 2.18 bits per heavy atom. The third-order valence-electron chi connectivity index (χ3n) is 2.29. The normalized spacial score (nSPS) is 11.4. The van der Waals surface area contributed by atoms with Gasteiger partial charge in [0.05, 0.1) is 25.9 Å². The number of esters is 1. The van der Waals surface area contributed by atoms with Crippen molar-refractivity contribution in [1.29, 1.82) is 5.26 Å². The first-order chi connectivity index (χ1) is 8.06. The number of methoxy groups -OCH3 is 2. The van der Waals surface area contributed by atoms with Gasteiger partial charge >= 0.3 is 5.97 Å². The summed E-state index contributed by atoms with van der Waals surface area (Å²) in [7, 11) is 2.53. The van der Waals surface area contributed by atoms with E-state index < -0.39 is 12.0 Å². The fourth-order valence-electron chi connectivity index (χ4n) is 1.41. The van der Waals surface area contributed by atoms with Crippen LogP contribution in [0.4, 0.5) is 0 Å². The third-order valence-corrected chi connectivity index (χ3v) is 2.29. The van der Waals surface area contributed by atoms with Crippen LogP contribution in [0, 0.1) is 11.3 Å². The number of aromatic hydroxyl groups is 1. The lowest BCUT2D eigenvalue weighted by molar-refractivity contribution is -0.142. The van der Waals surface area contributed by atoms with E-state index in [1.165, 1.54) is 26.4 Å². The molecule has 0 saturated heterocycles. The highest BCUT2D eigenvalue weighted by atomic mass is 16.5. The van der Waals surface area contributed by atoms with Crippen molar-refractivity contribution in [2.45, 2.75) is 6.04 Å². The quantitative estimate of drug-likeness (QED) is 0.738. The molecule has 0 aliphatic rings. The van der Waals surface area contributed by atoms with Crippen LogP contribution < -0.4 is 10.5 Å². The smallest absolute Gasteiger partial charge is 0.327 e. The second-order valence-electron chi connectivity index (χ2n) is 3.19. The van der Waals surface area contributed by atoms with E-state index in [0.29, 0.717) is 0 Å². The molecule has 0 aliphatic carbocycles. The van der Waals surface area contributed by atoms with Crippen molar-refractivity contribution in [1.82, 2.24) is 0 Å². The molecular formula is C11H12N2O4. The van der Waals surface area contributed by atoms with Gasteiger partial charge in [-0.2, -0.15) is 5.26 Å².